The fourth-order valence-corrected chi connectivity index (χ4v) is 2.35. The van der Waals surface area contributed by atoms with Gasteiger partial charge in [0, 0.05) is 42.1 Å². The maximum Gasteiger partial charge on any atom is 0.253 e. The van der Waals surface area contributed by atoms with Crippen molar-refractivity contribution >= 4 is 33.4 Å². The molecule has 0 saturated carbocycles. The highest BCUT2D eigenvalue weighted by Gasteiger charge is 2.10. The Morgan fingerprint density at radius 3 is 2.65 bits per heavy atom. The van der Waals surface area contributed by atoms with Gasteiger partial charge in [-0.15, -0.1) is 0 Å². The highest BCUT2D eigenvalue weighted by atomic mass is 79.9. The van der Waals surface area contributed by atoms with Crippen molar-refractivity contribution in [3.05, 3.63) is 63.0 Å². The highest BCUT2D eigenvalue weighted by Crippen LogP contribution is 2.12. The molecule has 2 amide bonds. The summed E-state index contributed by atoms with van der Waals surface area (Å²) in [5.74, 6) is -0.496. The van der Waals surface area contributed by atoms with Crippen molar-refractivity contribution in [2.75, 3.05) is 19.4 Å². The Hall–Kier alpha value is -2.41. The van der Waals surface area contributed by atoms with Crippen LogP contribution in [0.5, 0.6) is 0 Å². The van der Waals surface area contributed by atoms with E-state index in [1.165, 1.54) is 15.5 Å². The monoisotopic (exact) mass is 377 g/mol. The van der Waals surface area contributed by atoms with Crippen molar-refractivity contribution < 1.29 is 9.59 Å². The zero-order chi connectivity index (χ0) is 17.0. The van der Waals surface area contributed by atoms with Crippen molar-refractivity contribution in [2.24, 2.45) is 0 Å². The van der Waals surface area contributed by atoms with Gasteiger partial charge in [0.15, 0.2) is 0 Å². The number of aromatic nitrogens is 1. The molecular weight excluding hydrogens is 362 g/mol. The molecule has 1 heterocycles. The van der Waals surface area contributed by atoms with E-state index in [0.29, 0.717) is 15.7 Å². The van der Waals surface area contributed by atoms with Crippen molar-refractivity contribution in [1.82, 2.24) is 9.47 Å². The fraction of sp³-hybridized carbons (Fsp3) is 0.188. The summed E-state index contributed by atoms with van der Waals surface area (Å²) in [7, 11) is 3.32. The lowest BCUT2D eigenvalue weighted by molar-refractivity contribution is -0.116. The van der Waals surface area contributed by atoms with Gasteiger partial charge in [-0.3, -0.25) is 14.4 Å². The molecule has 0 saturated heterocycles. The van der Waals surface area contributed by atoms with Gasteiger partial charge in [-0.2, -0.15) is 0 Å². The molecule has 0 spiro atoms. The molecule has 1 aromatic heterocycles. The second-order valence-electron chi connectivity index (χ2n) is 5.14. The quantitative estimate of drug-likeness (QED) is 0.884. The van der Waals surface area contributed by atoms with Crippen molar-refractivity contribution in [2.45, 2.75) is 6.54 Å². The van der Waals surface area contributed by atoms with Crippen LogP contribution in [0.2, 0.25) is 0 Å². The number of halogens is 1. The van der Waals surface area contributed by atoms with Crippen LogP contribution in [-0.4, -0.2) is 35.4 Å². The van der Waals surface area contributed by atoms with Crippen LogP contribution in [-0.2, 0) is 11.3 Å². The average Bonchev–Trinajstić information content (AvgIpc) is 2.50. The summed E-state index contributed by atoms with van der Waals surface area (Å²) in [6, 6.07) is 9.66. The lowest BCUT2D eigenvalue weighted by Crippen LogP contribution is -2.27. The number of anilines is 1. The summed E-state index contributed by atoms with van der Waals surface area (Å²) in [6.45, 7) is -0.107. The molecule has 7 heteroatoms. The summed E-state index contributed by atoms with van der Waals surface area (Å²) in [5.41, 5.74) is 0.720. The van der Waals surface area contributed by atoms with Crippen LogP contribution in [0, 0.1) is 0 Å². The number of pyridine rings is 1. The van der Waals surface area contributed by atoms with E-state index in [1.54, 1.807) is 50.6 Å². The fourth-order valence-electron chi connectivity index (χ4n) is 1.97. The number of nitrogens with zero attached hydrogens (tertiary/aromatic N) is 2. The molecule has 6 nitrogen and oxygen atoms in total. The van der Waals surface area contributed by atoms with Crippen LogP contribution in [0.1, 0.15) is 10.4 Å². The third-order valence-corrected chi connectivity index (χ3v) is 3.53. The van der Waals surface area contributed by atoms with Crippen LogP contribution in [0.25, 0.3) is 0 Å². The minimum absolute atomic E-state index is 0.107. The first-order chi connectivity index (χ1) is 10.9. The van der Waals surface area contributed by atoms with Crippen molar-refractivity contribution in [3.8, 4) is 0 Å². The van der Waals surface area contributed by atoms with Crippen LogP contribution in [0.3, 0.4) is 0 Å². The first-order valence-electron chi connectivity index (χ1n) is 6.84. The Balaban J connectivity index is 2.11. The lowest BCUT2D eigenvalue weighted by Gasteiger charge is -2.12. The highest BCUT2D eigenvalue weighted by molar-refractivity contribution is 9.10. The molecule has 2 rings (SSSR count). The zero-order valence-corrected chi connectivity index (χ0v) is 14.3. The van der Waals surface area contributed by atoms with E-state index in [4.69, 9.17) is 0 Å². The maximum absolute atomic E-state index is 12.1. The third kappa shape index (κ3) is 4.53. The van der Waals surface area contributed by atoms with E-state index < -0.39 is 0 Å². The molecule has 23 heavy (non-hydrogen) atoms. The van der Waals surface area contributed by atoms with Crippen molar-refractivity contribution in [3.63, 3.8) is 0 Å². The molecule has 0 aliphatic carbocycles. The molecule has 1 aromatic carbocycles. The number of nitrogens with one attached hydrogen (secondary N) is 1. The molecule has 0 atom stereocenters. The Bertz CT molecular complexity index is 799. The van der Waals surface area contributed by atoms with E-state index >= 15 is 0 Å². The zero-order valence-electron chi connectivity index (χ0n) is 12.7. The van der Waals surface area contributed by atoms with E-state index in [9.17, 15) is 14.4 Å². The van der Waals surface area contributed by atoms with E-state index in [2.05, 4.69) is 21.2 Å². The van der Waals surface area contributed by atoms with Gasteiger partial charge in [0.1, 0.15) is 6.54 Å². The van der Waals surface area contributed by atoms with Gasteiger partial charge in [0.25, 0.3) is 11.5 Å². The second kappa shape index (κ2) is 7.23. The third-order valence-electron chi connectivity index (χ3n) is 3.06. The number of carbonyl (C=O) groups excluding carboxylic acids is 2. The number of amides is 2. The normalized spacial score (nSPS) is 10.2. The van der Waals surface area contributed by atoms with Crippen LogP contribution in [0.15, 0.2) is 51.9 Å². The summed E-state index contributed by atoms with van der Waals surface area (Å²) in [5, 5.41) is 2.69. The lowest BCUT2D eigenvalue weighted by atomic mass is 10.2. The Labute approximate surface area is 141 Å². The Kier molecular flexibility index (Phi) is 5.33. The number of hydrogen-bond acceptors (Lipinski definition) is 3. The van der Waals surface area contributed by atoms with Gasteiger partial charge in [-0.1, -0.05) is 6.07 Å². The van der Waals surface area contributed by atoms with Crippen molar-refractivity contribution in [1.29, 1.82) is 0 Å². The minimum atomic E-state index is -0.348. The predicted molar refractivity (Wildman–Crippen MR) is 91.5 cm³/mol. The van der Waals surface area contributed by atoms with E-state index in [0.717, 1.165) is 0 Å². The Morgan fingerprint density at radius 2 is 1.96 bits per heavy atom. The summed E-state index contributed by atoms with van der Waals surface area (Å²) in [4.78, 5) is 37.1. The van der Waals surface area contributed by atoms with Gasteiger partial charge in [-0.25, -0.2) is 0 Å². The van der Waals surface area contributed by atoms with Gasteiger partial charge >= 0.3 is 0 Å². The van der Waals surface area contributed by atoms with Gasteiger partial charge in [0.2, 0.25) is 5.91 Å². The molecule has 0 radical (unpaired) electrons. The van der Waals surface area contributed by atoms with Gasteiger partial charge in [0.05, 0.1) is 0 Å². The van der Waals surface area contributed by atoms with Crippen LogP contribution in [0.4, 0.5) is 5.69 Å². The Morgan fingerprint density at radius 1 is 1.22 bits per heavy atom. The maximum atomic E-state index is 12.1. The molecule has 120 valence electrons. The first-order valence-corrected chi connectivity index (χ1v) is 7.63. The molecule has 2 aromatic rings. The topological polar surface area (TPSA) is 71.4 Å². The number of carbonyl (C=O) groups is 2. The summed E-state index contributed by atoms with van der Waals surface area (Å²) < 4.78 is 2.01. The number of hydrogen-bond donors (Lipinski definition) is 1. The first kappa shape index (κ1) is 17.0. The molecule has 1 N–H and O–H groups in total. The molecular formula is C16H16BrN3O3. The molecule has 0 aliphatic rings. The summed E-state index contributed by atoms with van der Waals surface area (Å²) in [6.07, 6.45) is 1.55. The van der Waals surface area contributed by atoms with Crippen LogP contribution >= 0.6 is 15.9 Å². The molecule has 0 aliphatic heterocycles. The average molecular weight is 378 g/mol. The molecule has 0 unspecified atom stereocenters. The van der Waals surface area contributed by atoms with E-state index in [1.807, 2.05) is 0 Å². The second-order valence-corrected chi connectivity index (χ2v) is 6.06. The minimum Gasteiger partial charge on any atom is -0.345 e. The molecule has 0 bridgehead atoms. The molecule has 0 fully saturated rings. The predicted octanol–water partition coefficient (Wildman–Crippen LogP) is 1.95. The van der Waals surface area contributed by atoms with Crippen LogP contribution < -0.4 is 10.9 Å². The SMILES string of the molecule is CN(C)C(=O)c1cccc(NC(=O)Cn2cc(Br)ccc2=O)c1. The standard InChI is InChI=1S/C16H16BrN3O3/c1-19(2)16(23)11-4-3-5-13(8-11)18-14(21)10-20-9-12(17)6-7-15(20)22/h3-9H,10H2,1-2H3,(H,18,21). The number of benzene rings is 1. The summed E-state index contributed by atoms with van der Waals surface area (Å²) >= 11 is 3.26. The van der Waals surface area contributed by atoms with E-state index in [-0.39, 0.29) is 23.9 Å². The van der Waals surface area contributed by atoms with Gasteiger partial charge < -0.3 is 14.8 Å². The smallest absolute Gasteiger partial charge is 0.253 e. The largest absolute Gasteiger partial charge is 0.345 e. The van der Waals surface area contributed by atoms with Gasteiger partial charge in [-0.05, 0) is 40.2 Å². The number of rotatable bonds is 4.